The Morgan fingerprint density at radius 1 is 1.42 bits per heavy atom. The highest BCUT2D eigenvalue weighted by Crippen LogP contribution is 2.60. The Balaban J connectivity index is 1.67. The number of nitrogens with two attached hydrogens (primary N) is 1. The molecule has 0 radical (unpaired) electrons. The van der Waals surface area contributed by atoms with Crippen molar-refractivity contribution in [3.05, 3.63) is 0 Å². The van der Waals surface area contributed by atoms with Gasteiger partial charge < -0.3 is 15.4 Å². The molecule has 3 atom stereocenters. The fourth-order valence-electron chi connectivity index (χ4n) is 4.11. The number of nitrogens with zero attached hydrogens (tertiary/aromatic N) is 1. The van der Waals surface area contributed by atoms with Crippen LogP contribution in [0.1, 0.15) is 39.0 Å². The molecule has 0 unspecified atom stereocenters. The second-order valence-electron chi connectivity index (χ2n) is 6.69. The Morgan fingerprint density at radius 2 is 2.16 bits per heavy atom. The molecule has 19 heavy (non-hydrogen) atoms. The van der Waals surface area contributed by atoms with E-state index in [1.807, 2.05) is 0 Å². The van der Waals surface area contributed by atoms with Gasteiger partial charge in [0.15, 0.2) is 0 Å². The Kier molecular flexibility index (Phi) is 3.56. The Labute approximate surface area is 115 Å². The van der Waals surface area contributed by atoms with E-state index >= 15 is 0 Å². The largest absolute Gasteiger partial charge is 0.381 e. The van der Waals surface area contributed by atoms with Crippen molar-refractivity contribution >= 4 is 5.91 Å². The maximum absolute atomic E-state index is 12.8. The second-order valence-corrected chi connectivity index (χ2v) is 6.69. The van der Waals surface area contributed by atoms with E-state index in [0.717, 1.165) is 45.4 Å². The number of ether oxygens (including phenoxy) is 1. The summed E-state index contributed by atoms with van der Waals surface area (Å²) in [6.07, 6.45) is 5.55. The predicted molar refractivity (Wildman–Crippen MR) is 73.5 cm³/mol. The van der Waals surface area contributed by atoms with Crippen LogP contribution >= 0.6 is 0 Å². The van der Waals surface area contributed by atoms with Gasteiger partial charge in [-0.3, -0.25) is 4.79 Å². The Morgan fingerprint density at radius 3 is 2.84 bits per heavy atom. The third-order valence-corrected chi connectivity index (χ3v) is 5.62. The van der Waals surface area contributed by atoms with Crippen molar-refractivity contribution < 1.29 is 9.53 Å². The quantitative estimate of drug-likeness (QED) is 0.821. The van der Waals surface area contributed by atoms with Crippen molar-refractivity contribution in [2.75, 3.05) is 26.3 Å². The third-order valence-electron chi connectivity index (χ3n) is 5.62. The van der Waals surface area contributed by atoms with Crippen molar-refractivity contribution in [3.8, 4) is 0 Å². The Bertz CT molecular complexity index is 352. The fraction of sp³-hybridized carbons (Fsp3) is 0.933. The molecular formula is C15H26N2O2. The van der Waals surface area contributed by atoms with Crippen LogP contribution in [-0.4, -0.2) is 43.2 Å². The van der Waals surface area contributed by atoms with Crippen molar-refractivity contribution in [1.82, 2.24) is 4.90 Å². The highest BCUT2D eigenvalue weighted by atomic mass is 16.5. The first-order valence-corrected chi connectivity index (χ1v) is 7.76. The molecule has 3 aliphatic rings. The summed E-state index contributed by atoms with van der Waals surface area (Å²) in [5, 5.41) is 0. The number of hydrogen-bond donors (Lipinski definition) is 1. The van der Waals surface area contributed by atoms with Gasteiger partial charge in [-0.2, -0.15) is 0 Å². The maximum atomic E-state index is 12.8. The van der Waals surface area contributed by atoms with Gasteiger partial charge in [-0.15, -0.1) is 0 Å². The molecule has 2 saturated heterocycles. The van der Waals surface area contributed by atoms with Gasteiger partial charge in [0.25, 0.3) is 0 Å². The first kappa shape index (κ1) is 13.4. The van der Waals surface area contributed by atoms with Crippen LogP contribution in [0.15, 0.2) is 0 Å². The minimum atomic E-state index is 0.260. The zero-order chi connectivity index (χ0) is 13.5. The van der Waals surface area contributed by atoms with Crippen LogP contribution in [0.5, 0.6) is 0 Å². The van der Waals surface area contributed by atoms with Crippen LogP contribution in [0.3, 0.4) is 0 Å². The van der Waals surface area contributed by atoms with E-state index in [-0.39, 0.29) is 17.4 Å². The second kappa shape index (κ2) is 5.06. The number of piperidine rings is 1. The molecule has 2 aliphatic heterocycles. The minimum absolute atomic E-state index is 0.260. The normalized spacial score (nSPS) is 37.4. The van der Waals surface area contributed by atoms with Crippen LogP contribution < -0.4 is 5.73 Å². The lowest BCUT2D eigenvalue weighted by molar-refractivity contribution is -0.138. The molecule has 0 bridgehead atoms. The number of carbonyl (C=O) groups is 1. The summed E-state index contributed by atoms with van der Waals surface area (Å²) < 4.78 is 5.43. The standard InChI is InChI=1S/C15H26N2O2/c1-11-3-2-6-17(13(11)10-16)14(18)12-9-15(12)4-7-19-8-5-15/h11-13H,2-10,16H2,1H3/t11-,12-,13-/m1/s1. The van der Waals surface area contributed by atoms with E-state index in [4.69, 9.17) is 10.5 Å². The van der Waals surface area contributed by atoms with Crippen molar-refractivity contribution in [1.29, 1.82) is 0 Å². The average molecular weight is 266 g/mol. The minimum Gasteiger partial charge on any atom is -0.381 e. The smallest absolute Gasteiger partial charge is 0.226 e. The van der Waals surface area contributed by atoms with Crippen molar-refractivity contribution in [2.45, 2.75) is 45.1 Å². The van der Waals surface area contributed by atoms with Crippen LogP contribution in [0.25, 0.3) is 0 Å². The van der Waals surface area contributed by atoms with Gasteiger partial charge in [-0.25, -0.2) is 0 Å². The summed E-state index contributed by atoms with van der Waals surface area (Å²) in [6, 6.07) is 0.263. The molecule has 2 N–H and O–H groups in total. The van der Waals surface area contributed by atoms with E-state index in [2.05, 4.69) is 11.8 Å². The SMILES string of the molecule is C[C@@H]1CCCN(C(=O)[C@H]2CC23CCOCC3)[C@@H]1CN. The number of amides is 1. The lowest BCUT2D eigenvalue weighted by Crippen LogP contribution is -2.52. The molecule has 3 fully saturated rings. The molecule has 4 heteroatoms. The van der Waals surface area contributed by atoms with E-state index < -0.39 is 0 Å². The van der Waals surface area contributed by atoms with E-state index in [1.165, 1.54) is 6.42 Å². The molecule has 108 valence electrons. The van der Waals surface area contributed by atoms with E-state index in [9.17, 15) is 4.79 Å². The Hall–Kier alpha value is -0.610. The molecule has 0 aromatic rings. The average Bonchev–Trinajstić information content (AvgIpc) is 3.12. The fourth-order valence-corrected chi connectivity index (χ4v) is 4.11. The molecular weight excluding hydrogens is 240 g/mol. The zero-order valence-electron chi connectivity index (χ0n) is 11.9. The predicted octanol–water partition coefficient (Wildman–Crippen LogP) is 1.39. The first-order valence-electron chi connectivity index (χ1n) is 7.76. The number of carbonyl (C=O) groups excluding carboxylic acids is 1. The summed E-state index contributed by atoms with van der Waals surface area (Å²) in [7, 11) is 0. The highest BCUT2D eigenvalue weighted by molar-refractivity contribution is 5.83. The summed E-state index contributed by atoms with van der Waals surface area (Å²) in [5.74, 6) is 1.19. The van der Waals surface area contributed by atoms with Crippen LogP contribution in [0.2, 0.25) is 0 Å². The summed E-state index contributed by atoms with van der Waals surface area (Å²) in [5.41, 5.74) is 6.19. The van der Waals surface area contributed by atoms with Crippen LogP contribution in [0, 0.1) is 17.3 Å². The van der Waals surface area contributed by atoms with Gasteiger partial charge in [0, 0.05) is 38.3 Å². The molecule has 1 spiro atoms. The first-order chi connectivity index (χ1) is 9.18. The van der Waals surface area contributed by atoms with Gasteiger partial charge in [-0.1, -0.05) is 6.92 Å². The zero-order valence-corrected chi connectivity index (χ0v) is 11.9. The summed E-state index contributed by atoms with van der Waals surface area (Å²) in [4.78, 5) is 14.9. The topological polar surface area (TPSA) is 55.6 Å². The summed E-state index contributed by atoms with van der Waals surface area (Å²) >= 11 is 0. The molecule has 2 heterocycles. The van der Waals surface area contributed by atoms with Gasteiger partial charge >= 0.3 is 0 Å². The molecule has 4 nitrogen and oxygen atoms in total. The monoisotopic (exact) mass is 266 g/mol. The molecule has 1 aliphatic carbocycles. The number of rotatable bonds is 2. The summed E-state index contributed by atoms with van der Waals surface area (Å²) in [6.45, 7) is 5.42. The highest BCUT2D eigenvalue weighted by Gasteiger charge is 2.59. The maximum Gasteiger partial charge on any atom is 0.226 e. The molecule has 0 aromatic carbocycles. The lowest BCUT2D eigenvalue weighted by atomic mass is 9.89. The van der Waals surface area contributed by atoms with Gasteiger partial charge in [0.05, 0.1) is 0 Å². The van der Waals surface area contributed by atoms with Crippen LogP contribution in [0.4, 0.5) is 0 Å². The lowest BCUT2D eigenvalue weighted by Gasteiger charge is -2.40. The number of likely N-dealkylation sites (tertiary alicyclic amines) is 1. The van der Waals surface area contributed by atoms with Gasteiger partial charge in [0.1, 0.15) is 0 Å². The van der Waals surface area contributed by atoms with E-state index in [0.29, 0.717) is 18.4 Å². The van der Waals surface area contributed by atoms with Crippen LogP contribution in [-0.2, 0) is 9.53 Å². The van der Waals surface area contributed by atoms with Crippen molar-refractivity contribution in [3.63, 3.8) is 0 Å². The van der Waals surface area contributed by atoms with Gasteiger partial charge in [0.2, 0.25) is 5.91 Å². The number of hydrogen-bond acceptors (Lipinski definition) is 3. The molecule has 1 amide bonds. The molecule has 3 rings (SSSR count). The van der Waals surface area contributed by atoms with Crippen molar-refractivity contribution in [2.24, 2.45) is 23.0 Å². The molecule has 1 saturated carbocycles. The molecule has 0 aromatic heterocycles. The van der Waals surface area contributed by atoms with Gasteiger partial charge in [-0.05, 0) is 43.4 Å². The third kappa shape index (κ3) is 2.29. The van der Waals surface area contributed by atoms with E-state index in [1.54, 1.807) is 0 Å².